The quantitative estimate of drug-likeness (QED) is 0.148. The van der Waals surface area contributed by atoms with Crippen LogP contribution in [0.5, 0.6) is 0 Å². The van der Waals surface area contributed by atoms with Gasteiger partial charge in [0, 0.05) is 61.3 Å². The SMILES string of the molecule is c1ccc(-n2c3ccccc3c3ccc(-c4ccc5c(c4)c4cc(-c6ccc7c8ccccc8n(-c8ccccc8)c7c6)ccc4n5Cc4c5ccccc5cc5ccccc45)cc32)cc1. The lowest BCUT2D eigenvalue weighted by molar-refractivity contribution is 0.882. The van der Waals surface area contributed by atoms with Gasteiger partial charge in [0.05, 0.1) is 22.1 Å². The Bertz CT molecular complexity index is 3970. The van der Waals surface area contributed by atoms with E-state index in [0.29, 0.717) is 0 Å². The highest BCUT2D eigenvalue weighted by atomic mass is 15.0. The van der Waals surface area contributed by atoms with Crippen molar-refractivity contribution in [2.75, 3.05) is 0 Å². The van der Waals surface area contributed by atoms with Crippen LogP contribution in [0.15, 0.2) is 237 Å². The van der Waals surface area contributed by atoms with Crippen LogP contribution in [0.25, 0.3) is 121 Å². The van der Waals surface area contributed by atoms with Gasteiger partial charge in [0.1, 0.15) is 0 Å². The summed E-state index contributed by atoms with van der Waals surface area (Å²) in [4.78, 5) is 0. The van der Waals surface area contributed by atoms with Crippen LogP contribution >= 0.6 is 0 Å². The minimum atomic E-state index is 0.743. The zero-order chi connectivity index (χ0) is 43.3. The number of hydrogen-bond donors (Lipinski definition) is 0. The second-order valence-electron chi connectivity index (χ2n) is 17.7. The summed E-state index contributed by atoms with van der Waals surface area (Å²) >= 11 is 0. The van der Waals surface area contributed by atoms with Crippen molar-refractivity contribution in [1.82, 2.24) is 13.7 Å². The van der Waals surface area contributed by atoms with E-state index in [1.807, 2.05) is 0 Å². The first-order valence-corrected chi connectivity index (χ1v) is 22.9. The molecule has 0 aliphatic carbocycles. The van der Waals surface area contributed by atoms with Crippen molar-refractivity contribution in [3.05, 3.63) is 242 Å². The zero-order valence-electron chi connectivity index (χ0n) is 36.1. The van der Waals surface area contributed by atoms with Crippen LogP contribution in [-0.2, 0) is 6.54 Å². The Hall–Kier alpha value is -8.66. The topological polar surface area (TPSA) is 14.8 Å². The van der Waals surface area contributed by atoms with E-state index in [0.717, 1.165) is 17.9 Å². The van der Waals surface area contributed by atoms with Gasteiger partial charge in [0.2, 0.25) is 0 Å². The van der Waals surface area contributed by atoms with E-state index in [2.05, 4.69) is 250 Å². The monoisotopic (exact) mass is 839 g/mol. The molecule has 11 aromatic carbocycles. The third-order valence-corrected chi connectivity index (χ3v) is 14.1. The molecule has 0 N–H and O–H groups in total. The molecule has 3 aromatic heterocycles. The lowest BCUT2D eigenvalue weighted by Crippen LogP contribution is -2.01. The molecule has 0 aliphatic rings. The normalized spacial score (nSPS) is 12.0. The molecule has 0 spiro atoms. The molecule has 0 saturated carbocycles. The van der Waals surface area contributed by atoms with Crippen molar-refractivity contribution in [2.45, 2.75) is 6.54 Å². The maximum absolute atomic E-state index is 2.55. The number of benzene rings is 11. The fraction of sp³-hybridized carbons (Fsp3) is 0.0159. The van der Waals surface area contributed by atoms with Crippen molar-refractivity contribution in [2.24, 2.45) is 0 Å². The van der Waals surface area contributed by atoms with E-state index in [-0.39, 0.29) is 0 Å². The molecular weight excluding hydrogens is 799 g/mol. The molecule has 0 radical (unpaired) electrons. The maximum atomic E-state index is 2.55. The second kappa shape index (κ2) is 14.4. The Kier molecular flexibility index (Phi) is 8.04. The molecule has 308 valence electrons. The summed E-state index contributed by atoms with van der Waals surface area (Å²) in [6, 6.07) is 87.3. The molecular formula is C63H41N3. The number of nitrogens with zero attached hydrogens (tertiary/aromatic N) is 3. The fourth-order valence-corrected chi connectivity index (χ4v) is 11.1. The van der Waals surface area contributed by atoms with Gasteiger partial charge in [0.15, 0.2) is 0 Å². The van der Waals surface area contributed by atoms with Gasteiger partial charge in [-0.15, -0.1) is 0 Å². The Morgan fingerprint density at radius 2 is 0.621 bits per heavy atom. The molecule has 14 rings (SSSR count). The number of rotatable bonds is 6. The van der Waals surface area contributed by atoms with Crippen LogP contribution in [-0.4, -0.2) is 13.7 Å². The molecule has 0 unspecified atom stereocenters. The van der Waals surface area contributed by atoms with E-state index in [4.69, 9.17) is 0 Å². The molecule has 0 bridgehead atoms. The van der Waals surface area contributed by atoms with Gasteiger partial charge in [-0.05, 0) is 128 Å². The molecule has 3 nitrogen and oxygen atoms in total. The van der Waals surface area contributed by atoms with Crippen LogP contribution in [0.2, 0.25) is 0 Å². The van der Waals surface area contributed by atoms with Gasteiger partial charge in [-0.2, -0.15) is 0 Å². The zero-order valence-corrected chi connectivity index (χ0v) is 36.1. The van der Waals surface area contributed by atoms with Crippen LogP contribution in [0, 0.1) is 0 Å². The van der Waals surface area contributed by atoms with E-state index >= 15 is 0 Å². The third kappa shape index (κ3) is 5.57. The highest BCUT2D eigenvalue weighted by Crippen LogP contribution is 2.41. The molecule has 3 heterocycles. The first-order valence-electron chi connectivity index (χ1n) is 22.9. The number of aromatic nitrogens is 3. The highest BCUT2D eigenvalue weighted by molar-refractivity contribution is 6.14. The molecule has 3 heteroatoms. The predicted octanol–water partition coefficient (Wildman–Crippen LogP) is 16.7. The van der Waals surface area contributed by atoms with Gasteiger partial charge in [0.25, 0.3) is 0 Å². The molecule has 14 aromatic rings. The Morgan fingerprint density at radius 3 is 1.11 bits per heavy atom. The summed E-state index contributed by atoms with van der Waals surface area (Å²) in [6.07, 6.45) is 0. The third-order valence-electron chi connectivity index (χ3n) is 14.1. The molecule has 66 heavy (non-hydrogen) atoms. The summed E-state index contributed by atoms with van der Waals surface area (Å²) in [5.41, 5.74) is 15.7. The predicted molar refractivity (Wildman–Crippen MR) is 280 cm³/mol. The summed E-state index contributed by atoms with van der Waals surface area (Å²) in [6.45, 7) is 0.743. The summed E-state index contributed by atoms with van der Waals surface area (Å²) < 4.78 is 7.38. The van der Waals surface area contributed by atoms with Crippen molar-refractivity contribution in [3.63, 3.8) is 0 Å². The van der Waals surface area contributed by atoms with E-state index < -0.39 is 0 Å². The van der Waals surface area contributed by atoms with Gasteiger partial charge >= 0.3 is 0 Å². The van der Waals surface area contributed by atoms with E-state index in [1.54, 1.807) is 0 Å². The summed E-state index contributed by atoms with van der Waals surface area (Å²) in [5, 5.41) is 12.7. The molecule has 0 fully saturated rings. The van der Waals surface area contributed by atoms with Gasteiger partial charge in [-0.1, -0.05) is 158 Å². The van der Waals surface area contributed by atoms with Gasteiger partial charge in [-0.25, -0.2) is 0 Å². The summed E-state index contributed by atoms with van der Waals surface area (Å²) in [5.74, 6) is 0. The molecule has 0 saturated heterocycles. The van der Waals surface area contributed by atoms with E-state index in [9.17, 15) is 0 Å². The first-order chi connectivity index (χ1) is 32.7. The lowest BCUT2D eigenvalue weighted by Gasteiger charge is -2.15. The Morgan fingerprint density at radius 1 is 0.242 bits per heavy atom. The van der Waals surface area contributed by atoms with Gasteiger partial charge in [-0.3, -0.25) is 0 Å². The Balaban J connectivity index is 0.997. The summed E-state index contributed by atoms with van der Waals surface area (Å²) in [7, 11) is 0. The number of hydrogen-bond acceptors (Lipinski definition) is 0. The van der Waals surface area contributed by atoms with Gasteiger partial charge < -0.3 is 13.7 Å². The first kappa shape index (κ1) is 36.8. The van der Waals surface area contributed by atoms with Crippen LogP contribution in [0.4, 0.5) is 0 Å². The van der Waals surface area contributed by atoms with E-state index in [1.165, 1.54) is 115 Å². The van der Waals surface area contributed by atoms with Crippen LogP contribution in [0.3, 0.4) is 0 Å². The molecule has 0 atom stereocenters. The highest BCUT2D eigenvalue weighted by Gasteiger charge is 2.19. The Labute approximate surface area is 381 Å². The van der Waals surface area contributed by atoms with Crippen molar-refractivity contribution < 1.29 is 0 Å². The smallest absolute Gasteiger partial charge is 0.0547 e. The lowest BCUT2D eigenvalue weighted by atomic mass is 9.96. The van der Waals surface area contributed by atoms with Crippen LogP contribution in [0.1, 0.15) is 5.56 Å². The average molecular weight is 840 g/mol. The van der Waals surface area contributed by atoms with Crippen molar-refractivity contribution >= 4 is 87.0 Å². The fourth-order valence-electron chi connectivity index (χ4n) is 11.1. The molecule has 0 amide bonds. The van der Waals surface area contributed by atoms with Crippen LogP contribution < -0.4 is 0 Å². The largest absolute Gasteiger partial charge is 0.336 e. The van der Waals surface area contributed by atoms with Crippen molar-refractivity contribution in [3.8, 4) is 33.6 Å². The average Bonchev–Trinajstić information content (AvgIpc) is 4.01. The minimum Gasteiger partial charge on any atom is -0.336 e. The molecule has 0 aliphatic heterocycles. The minimum absolute atomic E-state index is 0.743. The second-order valence-corrected chi connectivity index (χ2v) is 17.7. The number of para-hydroxylation sites is 4. The van der Waals surface area contributed by atoms with Crippen molar-refractivity contribution in [1.29, 1.82) is 0 Å². The standard InChI is InChI=1S/C63H41N3/c1-3-17-47(18-4-1)65-60-25-13-11-23-51(60)53-31-27-43(38-62(53)65)41-29-33-58-55(36-41)56-37-42(44-28-32-54-52-24-12-14-26-61(52)66(63(54)39-44)48-19-5-2-6-20-48)30-34-59(56)64(58)40-57-49-21-9-7-15-45(49)35-46-16-8-10-22-50(46)57/h1-39H,40H2. The maximum Gasteiger partial charge on any atom is 0.0547 e. The number of fused-ring (bicyclic) bond motifs is 11.